The van der Waals surface area contributed by atoms with Crippen molar-refractivity contribution in [1.82, 2.24) is 5.32 Å². The minimum Gasteiger partial charge on any atom is -0.316 e. The molecule has 1 aromatic rings. The molecule has 1 aromatic carbocycles. The van der Waals surface area contributed by atoms with Gasteiger partial charge in [-0.1, -0.05) is 12.1 Å². The Bertz CT molecular complexity index is 355. The van der Waals surface area contributed by atoms with E-state index in [-0.39, 0.29) is 10.6 Å². The second-order valence-electron chi connectivity index (χ2n) is 4.12. The van der Waals surface area contributed by atoms with Crippen LogP contribution in [0.3, 0.4) is 0 Å². The largest absolute Gasteiger partial charge is 0.316 e. The molecule has 0 saturated heterocycles. The minimum absolute atomic E-state index is 0.156. The van der Waals surface area contributed by atoms with Gasteiger partial charge in [-0.05, 0) is 49.9 Å². The molecule has 1 rings (SSSR count). The zero-order chi connectivity index (χ0) is 13.2. The molecule has 0 radical (unpaired) electrons. The van der Waals surface area contributed by atoms with Crippen molar-refractivity contribution < 1.29 is 4.92 Å². The highest BCUT2D eigenvalue weighted by Crippen LogP contribution is 2.11. The third kappa shape index (κ3) is 6.02. The van der Waals surface area contributed by atoms with Gasteiger partial charge in [-0.3, -0.25) is 10.1 Å². The highest BCUT2D eigenvalue weighted by atomic mass is 32.2. The molecule has 1 N–H and O–H groups in total. The first-order valence-electron chi connectivity index (χ1n) is 6.17. The highest BCUT2D eigenvalue weighted by Gasteiger charge is 2.03. The summed E-state index contributed by atoms with van der Waals surface area (Å²) in [6.07, 6.45) is 5.51. The monoisotopic (exact) mass is 268 g/mol. The second kappa shape index (κ2) is 8.94. The van der Waals surface area contributed by atoms with Gasteiger partial charge in [0.05, 0.1) is 4.92 Å². The molecule has 0 unspecified atom stereocenters. The van der Waals surface area contributed by atoms with Crippen molar-refractivity contribution in [2.24, 2.45) is 0 Å². The van der Waals surface area contributed by atoms with Gasteiger partial charge in [0.15, 0.2) is 0 Å². The molecular weight excluding hydrogens is 248 g/mol. The number of non-ortho nitro benzene ring substituents is 1. The average molecular weight is 268 g/mol. The summed E-state index contributed by atoms with van der Waals surface area (Å²) in [7, 11) is 0. The van der Waals surface area contributed by atoms with Crippen LogP contribution in [0.2, 0.25) is 0 Å². The Balaban J connectivity index is 2.14. The van der Waals surface area contributed by atoms with Crippen LogP contribution in [-0.4, -0.2) is 30.0 Å². The maximum Gasteiger partial charge on any atom is 0.269 e. The van der Waals surface area contributed by atoms with Crippen LogP contribution in [0.25, 0.3) is 0 Å². The van der Waals surface area contributed by atoms with Crippen LogP contribution in [0.4, 0.5) is 5.69 Å². The number of nitro groups is 1. The first-order valence-corrected chi connectivity index (χ1v) is 7.56. The van der Waals surface area contributed by atoms with Crippen LogP contribution in [0.15, 0.2) is 24.3 Å². The molecule has 0 spiro atoms. The number of rotatable bonds is 9. The lowest BCUT2D eigenvalue weighted by Crippen LogP contribution is -2.18. The van der Waals surface area contributed by atoms with Crippen molar-refractivity contribution in [3.8, 4) is 0 Å². The van der Waals surface area contributed by atoms with Gasteiger partial charge in [0, 0.05) is 12.1 Å². The predicted octanol–water partition coefficient (Wildman–Crippen LogP) is 2.87. The van der Waals surface area contributed by atoms with Crippen molar-refractivity contribution >= 4 is 17.4 Å². The van der Waals surface area contributed by atoms with E-state index in [0.29, 0.717) is 0 Å². The SMILES string of the molecule is CSCCCCNCCc1ccc([N+](=O)[O-])cc1. The fraction of sp³-hybridized carbons (Fsp3) is 0.538. The number of nitrogens with one attached hydrogen (secondary N) is 1. The van der Waals surface area contributed by atoms with Gasteiger partial charge in [0.25, 0.3) is 5.69 Å². The third-order valence-electron chi connectivity index (χ3n) is 2.69. The normalized spacial score (nSPS) is 10.5. The van der Waals surface area contributed by atoms with Gasteiger partial charge in [-0.2, -0.15) is 11.8 Å². The zero-order valence-corrected chi connectivity index (χ0v) is 11.5. The van der Waals surface area contributed by atoms with E-state index in [1.54, 1.807) is 12.1 Å². The summed E-state index contributed by atoms with van der Waals surface area (Å²) in [5, 5.41) is 13.9. The molecule has 0 saturated carbocycles. The van der Waals surface area contributed by atoms with Gasteiger partial charge in [0.1, 0.15) is 0 Å². The van der Waals surface area contributed by atoms with Crippen molar-refractivity contribution in [1.29, 1.82) is 0 Å². The summed E-state index contributed by atoms with van der Waals surface area (Å²) >= 11 is 1.88. The van der Waals surface area contributed by atoms with Crippen LogP contribution in [0, 0.1) is 10.1 Å². The molecule has 0 amide bonds. The van der Waals surface area contributed by atoms with Crippen LogP contribution in [0.5, 0.6) is 0 Å². The zero-order valence-electron chi connectivity index (χ0n) is 10.7. The first kappa shape index (κ1) is 15.0. The lowest BCUT2D eigenvalue weighted by molar-refractivity contribution is -0.384. The number of nitro benzene ring substituents is 1. The fourth-order valence-corrected chi connectivity index (χ4v) is 2.13. The predicted molar refractivity (Wildman–Crippen MR) is 77.3 cm³/mol. The molecule has 0 heterocycles. The van der Waals surface area contributed by atoms with Crippen LogP contribution >= 0.6 is 11.8 Å². The van der Waals surface area contributed by atoms with Crippen LogP contribution in [-0.2, 0) is 6.42 Å². The summed E-state index contributed by atoms with van der Waals surface area (Å²) in [4.78, 5) is 10.1. The molecule has 4 nitrogen and oxygen atoms in total. The molecule has 0 fully saturated rings. The number of hydrogen-bond donors (Lipinski definition) is 1. The average Bonchev–Trinajstić information content (AvgIpc) is 2.38. The fourth-order valence-electron chi connectivity index (χ4n) is 1.64. The lowest BCUT2D eigenvalue weighted by atomic mass is 10.1. The van der Waals surface area contributed by atoms with Gasteiger partial charge < -0.3 is 5.32 Å². The van der Waals surface area contributed by atoms with E-state index in [9.17, 15) is 10.1 Å². The standard InChI is InChI=1S/C13H20N2O2S/c1-18-11-3-2-9-14-10-8-12-4-6-13(7-5-12)15(16)17/h4-7,14H,2-3,8-11H2,1H3. The molecule has 5 heteroatoms. The molecule has 18 heavy (non-hydrogen) atoms. The van der Waals surface area contributed by atoms with Gasteiger partial charge in [0.2, 0.25) is 0 Å². The van der Waals surface area contributed by atoms with Gasteiger partial charge in [-0.25, -0.2) is 0 Å². The first-order chi connectivity index (χ1) is 8.74. The molecular formula is C13H20N2O2S. The number of thioether (sulfide) groups is 1. The quantitative estimate of drug-likeness (QED) is 0.425. The Kier molecular flexibility index (Phi) is 7.44. The number of nitrogens with zero attached hydrogens (tertiary/aromatic N) is 1. The van der Waals surface area contributed by atoms with E-state index in [1.165, 1.54) is 18.6 Å². The number of hydrogen-bond acceptors (Lipinski definition) is 4. The smallest absolute Gasteiger partial charge is 0.269 e. The van der Waals surface area contributed by atoms with Gasteiger partial charge >= 0.3 is 0 Å². The Morgan fingerprint density at radius 3 is 2.56 bits per heavy atom. The Labute approximate surface area is 112 Å². The summed E-state index contributed by atoms with van der Waals surface area (Å²) in [5.74, 6) is 1.23. The topological polar surface area (TPSA) is 55.2 Å². The van der Waals surface area contributed by atoms with Crippen LogP contribution < -0.4 is 5.32 Å². The summed E-state index contributed by atoms with van der Waals surface area (Å²) in [6, 6.07) is 6.78. The third-order valence-corrected chi connectivity index (χ3v) is 3.39. The summed E-state index contributed by atoms with van der Waals surface area (Å²) in [5.41, 5.74) is 1.29. The number of unbranched alkanes of at least 4 members (excludes halogenated alkanes) is 1. The Morgan fingerprint density at radius 2 is 1.94 bits per heavy atom. The van der Waals surface area contributed by atoms with E-state index in [0.717, 1.165) is 25.1 Å². The van der Waals surface area contributed by atoms with Crippen LogP contribution in [0.1, 0.15) is 18.4 Å². The Hall–Kier alpha value is -1.07. The minimum atomic E-state index is -0.367. The molecule has 0 aromatic heterocycles. The maximum atomic E-state index is 10.5. The summed E-state index contributed by atoms with van der Waals surface area (Å²) < 4.78 is 0. The lowest BCUT2D eigenvalue weighted by Gasteiger charge is -2.04. The van der Waals surface area contributed by atoms with Gasteiger partial charge in [-0.15, -0.1) is 0 Å². The van der Waals surface area contributed by atoms with E-state index >= 15 is 0 Å². The second-order valence-corrected chi connectivity index (χ2v) is 5.11. The molecule has 0 aliphatic heterocycles. The number of benzene rings is 1. The van der Waals surface area contributed by atoms with Crippen molar-refractivity contribution in [3.63, 3.8) is 0 Å². The Morgan fingerprint density at radius 1 is 1.22 bits per heavy atom. The molecule has 100 valence electrons. The van der Waals surface area contributed by atoms with E-state index in [2.05, 4.69) is 11.6 Å². The van der Waals surface area contributed by atoms with E-state index in [1.807, 2.05) is 23.9 Å². The van der Waals surface area contributed by atoms with E-state index < -0.39 is 0 Å². The molecule has 0 atom stereocenters. The molecule has 0 aliphatic carbocycles. The summed E-state index contributed by atoms with van der Waals surface area (Å²) in [6.45, 7) is 1.98. The highest BCUT2D eigenvalue weighted by molar-refractivity contribution is 7.98. The molecule has 0 aliphatic rings. The van der Waals surface area contributed by atoms with Crippen molar-refractivity contribution in [3.05, 3.63) is 39.9 Å². The van der Waals surface area contributed by atoms with Crippen molar-refractivity contribution in [2.75, 3.05) is 25.1 Å². The van der Waals surface area contributed by atoms with E-state index in [4.69, 9.17) is 0 Å². The maximum absolute atomic E-state index is 10.5. The molecule has 0 bridgehead atoms. The van der Waals surface area contributed by atoms with Crippen molar-refractivity contribution in [2.45, 2.75) is 19.3 Å².